The minimum atomic E-state index is -3.71. The Bertz CT molecular complexity index is 1330. The van der Waals surface area contributed by atoms with E-state index in [2.05, 4.69) is 20.0 Å². The van der Waals surface area contributed by atoms with Gasteiger partial charge in [0.15, 0.2) is 5.13 Å². The summed E-state index contributed by atoms with van der Waals surface area (Å²) in [5.41, 5.74) is 3.52. The standard InChI is InChI=1S/C22H20N4O3S3/c1-15-7-5-6-10-19(15)21-24-17(14-30-21)12-23-20(27)11-16-13-31-22(25-16)26-32(28,29)18-8-3-2-4-9-18/h2-10,13-14H,11-12H2,1H3,(H,23,27)(H,25,26). The minimum Gasteiger partial charge on any atom is -0.350 e. The summed E-state index contributed by atoms with van der Waals surface area (Å²) in [6.45, 7) is 2.36. The van der Waals surface area contributed by atoms with Crippen LogP contribution in [0.4, 0.5) is 5.13 Å². The van der Waals surface area contributed by atoms with E-state index in [1.807, 2.05) is 36.6 Å². The molecule has 0 saturated carbocycles. The summed E-state index contributed by atoms with van der Waals surface area (Å²) in [5.74, 6) is -0.210. The third kappa shape index (κ3) is 5.39. The molecule has 0 atom stereocenters. The van der Waals surface area contributed by atoms with Crippen LogP contribution in [-0.4, -0.2) is 24.3 Å². The van der Waals surface area contributed by atoms with Gasteiger partial charge < -0.3 is 5.32 Å². The quantitative estimate of drug-likeness (QED) is 0.390. The molecule has 2 aromatic heterocycles. The predicted octanol–water partition coefficient (Wildman–Crippen LogP) is 4.23. The lowest BCUT2D eigenvalue weighted by atomic mass is 10.1. The maximum Gasteiger partial charge on any atom is 0.263 e. The topological polar surface area (TPSA) is 101 Å². The number of aromatic nitrogens is 2. The maximum atomic E-state index is 12.4. The zero-order chi connectivity index (χ0) is 22.6. The third-order valence-corrected chi connectivity index (χ3v) is 7.78. The Morgan fingerprint density at radius 3 is 2.44 bits per heavy atom. The van der Waals surface area contributed by atoms with E-state index in [0.717, 1.165) is 33.2 Å². The van der Waals surface area contributed by atoms with Crippen LogP contribution in [0.15, 0.2) is 70.3 Å². The molecule has 10 heteroatoms. The van der Waals surface area contributed by atoms with Gasteiger partial charge in [-0.25, -0.2) is 18.4 Å². The van der Waals surface area contributed by atoms with Crippen LogP contribution in [0.3, 0.4) is 0 Å². The molecule has 0 saturated heterocycles. The Hall–Kier alpha value is -3.08. The van der Waals surface area contributed by atoms with Crippen LogP contribution in [0.1, 0.15) is 17.0 Å². The van der Waals surface area contributed by atoms with Gasteiger partial charge in [0.2, 0.25) is 5.91 Å². The lowest BCUT2D eigenvalue weighted by molar-refractivity contribution is -0.120. The SMILES string of the molecule is Cc1ccccc1-c1nc(CNC(=O)Cc2csc(NS(=O)(=O)c3ccccc3)n2)cs1. The van der Waals surface area contributed by atoms with Crippen LogP contribution in [0.25, 0.3) is 10.6 Å². The summed E-state index contributed by atoms with van der Waals surface area (Å²) >= 11 is 2.68. The summed E-state index contributed by atoms with van der Waals surface area (Å²) in [4.78, 5) is 21.3. The number of nitrogens with one attached hydrogen (secondary N) is 2. The molecule has 4 aromatic rings. The number of thiazole rings is 2. The van der Waals surface area contributed by atoms with E-state index in [9.17, 15) is 13.2 Å². The van der Waals surface area contributed by atoms with Gasteiger partial charge in [-0.2, -0.15) is 0 Å². The Kier molecular flexibility index (Phi) is 6.63. The average Bonchev–Trinajstić information content (AvgIpc) is 3.42. The zero-order valence-corrected chi connectivity index (χ0v) is 19.6. The number of hydrogen-bond donors (Lipinski definition) is 2. The molecule has 1 amide bonds. The number of amides is 1. The van der Waals surface area contributed by atoms with Crippen molar-refractivity contribution in [3.05, 3.63) is 82.3 Å². The third-order valence-electron chi connectivity index (χ3n) is 4.56. The van der Waals surface area contributed by atoms with Crippen LogP contribution in [0.2, 0.25) is 0 Å². The number of aryl methyl sites for hydroxylation is 1. The minimum absolute atomic E-state index is 0.0539. The van der Waals surface area contributed by atoms with Crippen LogP contribution in [0, 0.1) is 6.92 Å². The van der Waals surface area contributed by atoms with Crippen molar-refractivity contribution in [2.24, 2.45) is 0 Å². The fourth-order valence-corrected chi connectivity index (χ4v) is 5.84. The molecule has 0 fully saturated rings. The Morgan fingerprint density at radius 2 is 1.66 bits per heavy atom. The van der Waals surface area contributed by atoms with Crippen molar-refractivity contribution in [3.8, 4) is 10.6 Å². The van der Waals surface area contributed by atoms with Crippen LogP contribution in [-0.2, 0) is 27.8 Å². The van der Waals surface area contributed by atoms with Gasteiger partial charge in [0.1, 0.15) is 5.01 Å². The molecule has 2 heterocycles. The molecule has 0 aliphatic heterocycles. The molecular formula is C22H20N4O3S3. The molecule has 2 aromatic carbocycles. The van der Waals surface area contributed by atoms with Crippen molar-refractivity contribution in [2.45, 2.75) is 24.8 Å². The van der Waals surface area contributed by atoms with Gasteiger partial charge in [0.05, 0.1) is 29.2 Å². The summed E-state index contributed by atoms with van der Waals surface area (Å²) in [6, 6.07) is 16.1. The van der Waals surface area contributed by atoms with Crippen LogP contribution >= 0.6 is 22.7 Å². The molecule has 164 valence electrons. The number of carbonyl (C=O) groups is 1. The van der Waals surface area contributed by atoms with E-state index in [-0.39, 0.29) is 22.4 Å². The van der Waals surface area contributed by atoms with Crippen molar-refractivity contribution in [3.63, 3.8) is 0 Å². The first-order valence-electron chi connectivity index (χ1n) is 9.70. The monoisotopic (exact) mass is 484 g/mol. The second-order valence-corrected chi connectivity index (χ2v) is 10.4. The van der Waals surface area contributed by atoms with Crippen molar-refractivity contribution in [1.82, 2.24) is 15.3 Å². The smallest absolute Gasteiger partial charge is 0.263 e. The average molecular weight is 485 g/mol. The number of carbonyl (C=O) groups excluding carboxylic acids is 1. The summed E-state index contributed by atoms with van der Waals surface area (Å²) in [7, 11) is -3.71. The molecule has 4 rings (SSSR count). The number of nitrogens with zero attached hydrogens (tertiary/aromatic N) is 2. The van der Waals surface area contributed by atoms with Crippen molar-refractivity contribution < 1.29 is 13.2 Å². The molecule has 0 aliphatic carbocycles. The van der Waals surface area contributed by atoms with Gasteiger partial charge in [-0.3, -0.25) is 9.52 Å². The largest absolute Gasteiger partial charge is 0.350 e. The van der Waals surface area contributed by atoms with Gasteiger partial charge in [-0.1, -0.05) is 42.5 Å². The highest BCUT2D eigenvalue weighted by Crippen LogP contribution is 2.26. The van der Waals surface area contributed by atoms with E-state index in [1.165, 1.54) is 12.1 Å². The molecule has 0 radical (unpaired) electrons. The Morgan fingerprint density at radius 1 is 0.938 bits per heavy atom. The Labute approximate surface area is 194 Å². The first-order chi connectivity index (χ1) is 15.4. The first kappa shape index (κ1) is 22.1. The summed E-state index contributed by atoms with van der Waals surface area (Å²) in [6.07, 6.45) is 0.0539. The Balaban J connectivity index is 1.32. The molecule has 0 spiro atoms. The van der Waals surface area contributed by atoms with Crippen molar-refractivity contribution in [2.75, 3.05) is 4.72 Å². The molecule has 32 heavy (non-hydrogen) atoms. The fraction of sp³-hybridized carbons (Fsp3) is 0.136. The van der Waals surface area contributed by atoms with Crippen molar-refractivity contribution in [1.29, 1.82) is 0 Å². The second-order valence-electron chi connectivity index (χ2n) is 6.97. The lowest BCUT2D eigenvalue weighted by Crippen LogP contribution is -2.24. The summed E-state index contributed by atoms with van der Waals surface area (Å²) < 4.78 is 27.2. The molecular weight excluding hydrogens is 464 g/mol. The lowest BCUT2D eigenvalue weighted by Gasteiger charge is -2.04. The van der Waals surface area contributed by atoms with E-state index in [1.54, 1.807) is 34.9 Å². The second kappa shape index (κ2) is 9.60. The van der Waals surface area contributed by atoms with Gasteiger partial charge in [0.25, 0.3) is 10.0 Å². The summed E-state index contributed by atoms with van der Waals surface area (Å²) in [5, 5.41) is 7.58. The number of hydrogen-bond acceptors (Lipinski definition) is 7. The first-order valence-corrected chi connectivity index (χ1v) is 12.9. The molecule has 0 aliphatic rings. The van der Waals surface area contributed by atoms with E-state index >= 15 is 0 Å². The number of anilines is 1. The molecule has 0 unspecified atom stereocenters. The molecule has 2 N–H and O–H groups in total. The molecule has 7 nitrogen and oxygen atoms in total. The highest BCUT2D eigenvalue weighted by Gasteiger charge is 2.16. The predicted molar refractivity (Wildman–Crippen MR) is 127 cm³/mol. The fourth-order valence-electron chi connectivity index (χ4n) is 2.95. The van der Waals surface area contributed by atoms with Gasteiger partial charge in [-0.05, 0) is 24.6 Å². The van der Waals surface area contributed by atoms with Gasteiger partial charge >= 0.3 is 0 Å². The number of benzene rings is 2. The van der Waals surface area contributed by atoms with E-state index in [4.69, 9.17) is 0 Å². The molecule has 0 bridgehead atoms. The highest BCUT2D eigenvalue weighted by molar-refractivity contribution is 7.93. The van der Waals surface area contributed by atoms with Crippen LogP contribution in [0.5, 0.6) is 0 Å². The van der Waals surface area contributed by atoms with Gasteiger partial charge in [0, 0.05) is 16.3 Å². The zero-order valence-electron chi connectivity index (χ0n) is 17.1. The van der Waals surface area contributed by atoms with Crippen LogP contribution < -0.4 is 10.0 Å². The van der Waals surface area contributed by atoms with E-state index < -0.39 is 10.0 Å². The number of rotatable bonds is 8. The highest BCUT2D eigenvalue weighted by atomic mass is 32.2. The van der Waals surface area contributed by atoms with Crippen molar-refractivity contribution >= 4 is 43.7 Å². The normalized spacial score (nSPS) is 11.3. The van der Waals surface area contributed by atoms with E-state index in [0.29, 0.717) is 12.2 Å². The number of sulfonamides is 1. The van der Waals surface area contributed by atoms with Gasteiger partial charge in [-0.15, -0.1) is 22.7 Å². The maximum absolute atomic E-state index is 12.4.